The van der Waals surface area contributed by atoms with Crippen LogP contribution in [0.3, 0.4) is 0 Å². The second kappa shape index (κ2) is 13.2. The number of amides is 3. The molecule has 1 unspecified atom stereocenters. The lowest BCUT2D eigenvalue weighted by Crippen LogP contribution is -2.65. The number of unbranched alkanes of at least 4 members (excludes halogenated alkanes) is 1. The molecule has 3 amide bonds. The number of hydrogen-bond acceptors (Lipinski definition) is 5. The first kappa shape index (κ1) is 32.6. The van der Waals surface area contributed by atoms with Crippen molar-refractivity contribution in [3.63, 3.8) is 0 Å². The van der Waals surface area contributed by atoms with Gasteiger partial charge in [0.15, 0.2) is 17.5 Å². The fourth-order valence-electron chi connectivity index (χ4n) is 6.50. The first-order valence-electron chi connectivity index (χ1n) is 15.2. The highest BCUT2D eigenvalue weighted by molar-refractivity contribution is 5.95. The number of aryl methyl sites for hydroxylation is 1. The average Bonchev–Trinajstić information content (AvgIpc) is 3.24. The number of rotatable bonds is 10. The predicted octanol–water partition coefficient (Wildman–Crippen LogP) is 4.85. The minimum absolute atomic E-state index is 0.0153. The van der Waals surface area contributed by atoms with Crippen molar-refractivity contribution in [3.05, 3.63) is 29.6 Å². The van der Waals surface area contributed by atoms with E-state index in [-0.39, 0.29) is 36.3 Å². The van der Waals surface area contributed by atoms with E-state index >= 15 is 0 Å². The Morgan fingerprint density at radius 2 is 1.81 bits per heavy atom. The molecular weight excluding hydrogens is 560 g/mol. The fraction of sp³-hybridized carbons (Fsp3) is 0.677. The number of halogens is 2. The van der Waals surface area contributed by atoms with Gasteiger partial charge in [-0.05, 0) is 37.0 Å². The van der Waals surface area contributed by atoms with Crippen LogP contribution in [0.4, 0.5) is 13.6 Å². The van der Waals surface area contributed by atoms with Crippen LogP contribution in [0.1, 0.15) is 70.9 Å². The maximum absolute atomic E-state index is 14.4. The normalized spacial score (nSPS) is 20.9. The molecule has 0 radical (unpaired) electrons. The van der Waals surface area contributed by atoms with Gasteiger partial charge in [-0.1, -0.05) is 34.6 Å². The van der Waals surface area contributed by atoms with E-state index < -0.39 is 47.1 Å². The third-order valence-corrected chi connectivity index (χ3v) is 8.49. The third-order valence-electron chi connectivity index (χ3n) is 8.49. The second-order valence-corrected chi connectivity index (χ2v) is 13.3. The Bertz CT molecular complexity index is 1340. The van der Waals surface area contributed by atoms with Gasteiger partial charge in [-0.2, -0.15) is 0 Å². The molecule has 2 saturated heterocycles. The van der Waals surface area contributed by atoms with Crippen LogP contribution in [0.15, 0.2) is 12.1 Å². The molecule has 3 heterocycles. The number of fused-ring (bicyclic) bond motifs is 1. The highest BCUT2D eigenvalue weighted by Gasteiger charge is 2.51. The van der Waals surface area contributed by atoms with Gasteiger partial charge in [0.25, 0.3) is 5.91 Å². The number of hydrogen-bond donors (Lipinski definition) is 1. The van der Waals surface area contributed by atoms with Crippen LogP contribution in [0.5, 0.6) is 0 Å². The topological polar surface area (TPSA) is 108 Å². The van der Waals surface area contributed by atoms with Crippen molar-refractivity contribution in [2.75, 3.05) is 39.9 Å². The summed E-state index contributed by atoms with van der Waals surface area (Å²) in [4.78, 5) is 50.0. The Balaban J connectivity index is 1.77. The van der Waals surface area contributed by atoms with Crippen LogP contribution in [0.25, 0.3) is 11.0 Å². The number of carbonyl (C=O) groups excluding carboxylic acids is 2. The molecule has 0 saturated carbocycles. The molecule has 4 rings (SSSR count). The highest BCUT2D eigenvalue weighted by Crippen LogP contribution is 2.39. The molecule has 12 heteroatoms. The molecule has 3 atom stereocenters. The second-order valence-electron chi connectivity index (χ2n) is 13.3. The van der Waals surface area contributed by atoms with Crippen LogP contribution in [0.2, 0.25) is 0 Å². The zero-order valence-electron chi connectivity index (χ0n) is 26.1. The first-order chi connectivity index (χ1) is 20.2. The van der Waals surface area contributed by atoms with E-state index in [1.165, 1.54) is 4.90 Å². The highest BCUT2D eigenvalue weighted by atomic mass is 19.2. The van der Waals surface area contributed by atoms with Gasteiger partial charge in [0.1, 0.15) is 0 Å². The van der Waals surface area contributed by atoms with E-state index in [9.17, 15) is 28.3 Å². The van der Waals surface area contributed by atoms with Gasteiger partial charge in [0.05, 0.1) is 29.0 Å². The van der Waals surface area contributed by atoms with Gasteiger partial charge < -0.3 is 29.1 Å². The molecule has 238 valence electrons. The van der Waals surface area contributed by atoms with Gasteiger partial charge >= 0.3 is 6.09 Å². The lowest BCUT2D eigenvalue weighted by molar-refractivity contribution is -0.146. The molecule has 1 N–H and O–H groups in total. The van der Waals surface area contributed by atoms with Gasteiger partial charge in [0, 0.05) is 58.6 Å². The number of carbonyl (C=O) groups is 3. The van der Waals surface area contributed by atoms with Crippen LogP contribution in [0, 0.1) is 28.9 Å². The quantitative estimate of drug-likeness (QED) is 0.388. The number of ether oxygens (including phenoxy) is 1. The lowest BCUT2D eigenvalue weighted by atomic mass is 9.72. The summed E-state index contributed by atoms with van der Waals surface area (Å²) in [5.41, 5.74) is -0.0577. The molecule has 2 aromatic rings. The minimum Gasteiger partial charge on any atom is -0.465 e. The molecular formula is C31H45F2N5O5. The van der Waals surface area contributed by atoms with E-state index in [0.29, 0.717) is 51.0 Å². The van der Waals surface area contributed by atoms with Gasteiger partial charge in [0.2, 0.25) is 5.91 Å². The summed E-state index contributed by atoms with van der Waals surface area (Å²) in [5.74, 6) is -3.22. The van der Waals surface area contributed by atoms with E-state index in [0.717, 1.165) is 18.6 Å². The average molecular weight is 606 g/mol. The molecule has 0 bridgehead atoms. The zero-order chi connectivity index (χ0) is 31.6. The molecule has 1 aromatic heterocycles. The van der Waals surface area contributed by atoms with Crippen LogP contribution in [-0.2, 0) is 16.1 Å². The Morgan fingerprint density at radius 1 is 1.14 bits per heavy atom. The minimum atomic E-state index is -1.14. The van der Waals surface area contributed by atoms with Crippen LogP contribution in [-0.4, -0.2) is 99.2 Å². The number of aromatic nitrogens is 2. The maximum Gasteiger partial charge on any atom is 0.407 e. The summed E-state index contributed by atoms with van der Waals surface area (Å²) in [6.07, 6.45) is 1.37. The van der Waals surface area contributed by atoms with Crippen molar-refractivity contribution in [1.29, 1.82) is 0 Å². The monoisotopic (exact) mass is 605 g/mol. The third kappa shape index (κ3) is 6.94. The van der Waals surface area contributed by atoms with Gasteiger partial charge in [-0.15, -0.1) is 0 Å². The molecule has 10 nitrogen and oxygen atoms in total. The van der Waals surface area contributed by atoms with E-state index in [4.69, 9.17) is 4.74 Å². The van der Waals surface area contributed by atoms with Crippen molar-refractivity contribution in [2.45, 2.75) is 78.9 Å². The number of nitrogens with zero attached hydrogens (tertiary/aromatic N) is 5. The number of likely N-dealkylation sites (tertiary alicyclic amines) is 2. The van der Waals surface area contributed by atoms with Crippen molar-refractivity contribution >= 4 is 28.9 Å². The van der Waals surface area contributed by atoms with Crippen LogP contribution < -0.4 is 0 Å². The Hall–Kier alpha value is -3.28. The number of piperidine rings is 1. The Morgan fingerprint density at radius 3 is 2.37 bits per heavy atom. The smallest absolute Gasteiger partial charge is 0.407 e. The first-order valence-corrected chi connectivity index (χ1v) is 15.2. The van der Waals surface area contributed by atoms with Crippen molar-refractivity contribution in [3.8, 4) is 0 Å². The Kier molecular flexibility index (Phi) is 9.98. The Labute approximate surface area is 252 Å². The molecule has 2 fully saturated rings. The number of carboxylic acid groups (broad SMARTS) is 1. The van der Waals surface area contributed by atoms with Crippen LogP contribution >= 0.6 is 0 Å². The summed E-state index contributed by atoms with van der Waals surface area (Å²) in [7, 11) is 1.60. The van der Waals surface area contributed by atoms with E-state index in [1.807, 2.05) is 34.6 Å². The molecule has 43 heavy (non-hydrogen) atoms. The van der Waals surface area contributed by atoms with Crippen molar-refractivity contribution in [1.82, 2.24) is 24.3 Å². The standard InChI is InChI=1S/C31H45F2N5O5/c1-19(2)17-37(20-14-21(28(39)35-10-9-11-35)26(31(3,4)5)38(18-20)30(41)42)29(40)27-34-24-15-22(32)23(33)16-25(24)36(27)12-7-8-13-43-6/h15-16,19-21,26H,7-14,17-18H2,1-6H3,(H,41,42)/t20-,21+,26?/m0/s1. The lowest BCUT2D eigenvalue weighted by Gasteiger charge is -2.52. The molecule has 2 aliphatic heterocycles. The van der Waals surface area contributed by atoms with Crippen molar-refractivity contribution < 1.29 is 33.0 Å². The number of imidazole rings is 1. The van der Waals surface area contributed by atoms with Gasteiger partial charge in [-0.25, -0.2) is 18.6 Å². The van der Waals surface area contributed by atoms with Gasteiger partial charge in [-0.3, -0.25) is 9.59 Å². The fourth-order valence-corrected chi connectivity index (χ4v) is 6.50. The van der Waals surface area contributed by atoms with E-state index in [1.54, 1.807) is 21.5 Å². The molecule has 0 spiro atoms. The summed E-state index contributed by atoms with van der Waals surface area (Å²) >= 11 is 0. The zero-order valence-corrected chi connectivity index (χ0v) is 26.1. The SMILES string of the molecule is COCCCCn1c(C(=O)N(CC(C)C)[C@H]2C[C@@H](C(=O)N3CCC3)C(C(C)(C)C)N(C(=O)O)C2)nc2cc(F)c(F)cc21. The molecule has 0 aliphatic carbocycles. The summed E-state index contributed by atoms with van der Waals surface area (Å²) < 4.78 is 35.3. The number of benzene rings is 1. The summed E-state index contributed by atoms with van der Waals surface area (Å²) in [6.45, 7) is 12.2. The molecule has 1 aromatic carbocycles. The maximum atomic E-state index is 14.4. The molecule has 2 aliphatic rings. The predicted molar refractivity (Wildman–Crippen MR) is 158 cm³/mol. The van der Waals surface area contributed by atoms with Crippen molar-refractivity contribution in [2.24, 2.45) is 17.3 Å². The number of methoxy groups -OCH3 is 1. The summed E-state index contributed by atoms with van der Waals surface area (Å²) in [6, 6.07) is 0.874. The van der Waals surface area contributed by atoms with E-state index in [2.05, 4.69) is 4.98 Å². The summed E-state index contributed by atoms with van der Waals surface area (Å²) in [5, 5.41) is 10.4. The largest absolute Gasteiger partial charge is 0.465 e.